The van der Waals surface area contributed by atoms with Crippen LogP contribution in [0.25, 0.3) is 0 Å². The minimum absolute atomic E-state index is 0.190. The largest absolute Gasteiger partial charge is 0.481 e. The first-order valence-corrected chi connectivity index (χ1v) is 6.77. The first-order valence-electron chi connectivity index (χ1n) is 6.77. The van der Waals surface area contributed by atoms with E-state index in [2.05, 4.69) is 10.5 Å². The Labute approximate surface area is 135 Å². The van der Waals surface area contributed by atoms with E-state index >= 15 is 0 Å². The third-order valence-electron chi connectivity index (χ3n) is 2.89. The summed E-state index contributed by atoms with van der Waals surface area (Å²) < 4.78 is 43.7. The molecule has 2 aromatic rings. The summed E-state index contributed by atoms with van der Waals surface area (Å²) in [6, 6.07) is 11.4. The number of carboxylic acid groups (broad SMARTS) is 1. The number of rotatable bonds is 6. The second-order valence-electron chi connectivity index (χ2n) is 4.63. The summed E-state index contributed by atoms with van der Waals surface area (Å²) in [5.41, 5.74) is 1.74. The van der Waals surface area contributed by atoms with E-state index in [1.807, 2.05) is 0 Å². The van der Waals surface area contributed by atoms with Crippen molar-refractivity contribution in [2.45, 2.75) is 6.18 Å². The molecule has 126 valence electrons. The number of ether oxygens (including phenoxy) is 1. The van der Waals surface area contributed by atoms with Crippen molar-refractivity contribution in [2.24, 2.45) is 5.10 Å². The van der Waals surface area contributed by atoms with E-state index in [1.54, 1.807) is 18.2 Å². The summed E-state index contributed by atoms with van der Waals surface area (Å²) in [5.74, 6) is -0.881. The number of hydrogen-bond acceptors (Lipinski definition) is 4. The van der Waals surface area contributed by atoms with E-state index in [4.69, 9.17) is 9.84 Å². The summed E-state index contributed by atoms with van der Waals surface area (Å²) in [4.78, 5) is 10.5. The van der Waals surface area contributed by atoms with Crippen LogP contribution in [0.3, 0.4) is 0 Å². The SMILES string of the molecule is O=C(O)COc1ccccc1/C=N/Nc1ccccc1C(F)(F)F. The molecule has 0 aromatic heterocycles. The maximum Gasteiger partial charge on any atom is 0.418 e. The van der Waals surface area contributed by atoms with Gasteiger partial charge in [-0.1, -0.05) is 24.3 Å². The number of para-hydroxylation sites is 2. The van der Waals surface area contributed by atoms with Crippen LogP contribution in [0.2, 0.25) is 0 Å². The molecule has 0 bridgehead atoms. The molecule has 2 aromatic carbocycles. The second kappa shape index (κ2) is 7.49. The van der Waals surface area contributed by atoms with Crippen LogP contribution in [-0.4, -0.2) is 23.9 Å². The minimum Gasteiger partial charge on any atom is -0.481 e. The molecule has 0 fully saturated rings. The Morgan fingerprint density at radius 3 is 2.54 bits per heavy atom. The Hall–Kier alpha value is -3.03. The molecular formula is C16H13F3N2O3. The Kier molecular flexibility index (Phi) is 5.41. The van der Waals surface area contributed by atoms with Crippen molar-refractivity contribution in [3.8, 4) is 5.75 Å². The number of hydrogen-bond donors (Lipinski definition) is 2. The van der Waals surface area contributed by atoms with Crippen LogP contribution >= 0.6 is 0 Å². The number of nitrogens with zero attached hydrogens (tertiary/aromatic N) is 1. The third kappa shape index (κ3) is 4.73. The first kappa shape index (κ1) is 17.3. The van der Waals surface area contributed by atoms with Crippen LogP contribution in [0.5, 0.6) is 5.75 Å². The molecule has 8 heteroatoms. The zero-order valence-corrected chi connectivity index (χ0v) is 12.2. The van der Waals surface area contributed by atoms with Gasteiger partial charge in [0.05, 0.1) is 17.5 Å². The fourth-order valence-corrected chi connectivity index (χ4v) is 1.86. The summed E-state index contributed by atoms with van der Waals surface area (Å²) in [6.07, 6.45) is -3.24. The molecule has 0 atom stereocenters. The number of benzene rings is 2. The summed E-state index contributed by atoms with van der Waals surface area (Å²) in [5, 5.41) is 12.4. The number of carboxylic acids is 1. The molecule has 0 aliphatic heterocycles. The standard InChI is InChI=1S/C16H13F3N2O3/c17-16(18,19)12-6-2-3-7-13(12)21-20-9-11-5-1-4-8-14(11)24-10-15(22)23/h1-9,21H,10H2,(H,22,23)/b20-9+. The lowest BCUT2D eigenvalue weighted by atomic mass is 10.2. The van der Waals surface area contributed by atoms with Crippen LogP contribution in [0.4, 0.5) is 18.9 Å². The van der Waals surface area contributed by atoms with Gasteiger partial charge >= 0.3 is 12.1 Å². The van der Waals surface area contributed by atoms with Crippen molar-refractivity contribution in [2.75, 3.05) is 12.0 Å². The molecule has 0 saturated carbocycles. The van der Waals surface area contributed by atoms with Gasteiger partial charge in [-0.25, -0.2) is 4.79 Å². The predicted octanol–water partition coefficient (Wildman–Crippen LogP) is 3.61. The first-order chi connectivity index (χ1) is 11.4. The number of carbonyl (C=O) groups is 1. The van der Waals surface area contributed by atoms with Crippen LogP contribution in [0, 0.1) is 0 Å². The molecule has 0 radical (unpaired) electrons. The smallest absolute Gasteiger partial charge is 0.418 e. The highest BCUT2D eigenvalue weighted by atomic mass is 19.4. The molecule has 2 rings (SSSR count). The summed E-state index contributed by atoms with van der Waals surface area (Å²) in [7, 11) is 0. The Morgan fingerprint density at radius 1 is 1.17 bits per heavy atom. The molecule has 0 saturated heterocycles. The normalized spacial score (nSPS) is 11.5. The van der Waals surface area contributed by atoms with E-state index < -0.39 is 24.3 Å². The molecule has 0 unspecified atom stereocenters. The number of aliphatic carboxylic acids is 1. The monoisotopic (exact) mass is 338 g/mol. The maximum atomic E-state index is 12.9. The van der Waals surface area contributed by atoms with Gasteiger partial charge in [-0.2, -0.15) is 18.3 Å². The van der Waals surface area contributed by atoms with Gasteiger partial charge in [0.15, 0.2) is 6.61 Å². The summed E-state index contributed by atoms with van der Waals surface area (Å²) in [6.45, 7) is -0.533. The number of hydrazone groups is 1. The van der Waals surface area contributed by atoms with Gasteiger partial charge in [-0.15, -0.1) is 0 Å². The molecule has 24 heavy (non-hydrogen) atoms. The molecule has 0 spiro atoms. The average Bonchev–Trinajstić information content (AvgIpc) is 2.53. The van der Waals surface area contributed by atoms with Crippen molar-refractivity contribution >= 4 is 17.9 Å². The highest BCUT2D eigenvalue weighted by Crippen LogP contribution is 2.34. The summed E-state index contributed by atoms with van der Waals surface area (Å²) >= 11 is 0. The zero-order valence-electron chi connectivity index (χ0n) is 12.2. The van der Waals surface area contributed by atoms with Crippen molar-refractivity contribution in [3.05, 3.63) is 59.7 Å². The van der Waals surface area contributed by atoms with Crippen LogP contribution in [-0.2, 0) is 11.0 Å². The zero-order chi connectivity index (χ0) is 17.6. The van der Waals surface area contributed by atoms with Crippen molar-refractivity contribution in [1.29, 1.82) is 0 Å². The molecule has 0 heterocycles. The predicted molar refractivity (Wildman–Crippen MR) is 82.2 cm³/mol. The minimum atomic E-state index is -4.50. The number of anilines is 1. The van der Waals surface area contributed by atoms with Crippen LogP contribution in [0.1, 0.15) is 11.1 Å². The van der Waals surface area contributed by atoms with Crippen molar-refractivity contribution in [1.82, 2.24) is 0 Å². The van der Waals surface area contributed by atoms with E-state index in [1.165, 1.54) is 30.5 Å². The number of halogens is 3. The van der Waals surface area contributed by atoms with Crippen molar-refractivity contribution < 1.29 is 27.8 Å². The molecular weight excluding hydrogens is 325 g/mol. The maximum absolute atomic E-state index is 12.9. The van der Waals surface area contributed by atoms with Crippen molar-refractivity contribution in [3.63, 3.8) is 0 Å². The van der Waals surface area contributed by atoms with Gasteiger partial charge in [-0.3, -0.25) is 5.43 Å². The molecule has 5 nitrogen and oxygen atoms in total. The lowest BCUT2D eigenvalue weighted by Gasteiger charge is -2.11. The molecule has 2 N–H and O–H groups in total. The molecule has 0 aliphatic rings. The number of alkyl halides is 3. The van der Waals surface area contributed by atoms with E-state index in [9.17, 15) is 18.0 Å². The van der Waals surface area contributed by atoms with Gasteiger partial charge in [0.2, 0.25) is 0 Å². The third-order valence-corrected chi connectivity index (χ3v) is 2.89. The topological polar surface area (TPSA) is 70.9 Å². The highest BCUT2D eigenvalue weighted by Gasteiger charge is 2.33. The van der Waals surface area contributed by atoms with Crippen LogP contribution in [0.15, 0.2) is 53.6 Å². The quantitative estimate of drug-likeness (QED) is 0.623. The van der Waals surface area contributed by atoms with Gasteiger partial charge in [0, 0.05) is 5.56 Å². The highest BCUT2D eigenvalue weighted by molar-refractivity contribution is 5.84. The second-order valence-corrected chi connectivity index (χ2v) is 4.63. The fraction of sp³-hybridized carbons (Fsp3) is 0.125. The molecule has 0 amide bonds. The lowest BCUT2D eigenvalue weighted by Crippen LogP contribution is -2.10. The van der Waals surface area contributed by atoms with Gasteiger partial charge < -0.3 is 9.84 Å². The molecule has 0 aliphatic carbocycles. The van der Waals surface area contributed by atoms with Gasteiger partial charge in [0.1, 0.15) is 5.75 Å². The lowest BCUT2D eigenvalue weighted by molar-refractivity contribution is -0.139. The Bertz CT molecular complexity index is 745. The van der Waals surface area contributed by atoms with E-state index in [0.29, 0.717) is 5.56 Å². The Balaban J connectivity index is 2.15. The van der Waals surface area contributed by atoms with E-state index in [-0.39, 0.29) is 11.4 Å². The number of nitrogens with one attached hydrogen (secondary N) is 1. The average molecular weight is 338 g/mol. The Morgan fingerprint density at radius 2 is 1.83 bits per heavy atom. The van der Waals surface area contributed by atoms with Crippen LogP contribution < -0.4 is 10.2 Å². The van der Waals surface area contributed by atoms with E-state index in [0.717, 1.165) is 6.07 Å². The fourth-order valence-electron chi connectivity index (χ4n) is 1.86. The van der Waals surface area contributed by atoms with Gasteiger partial charge in [0.25, 0.3) is 0 Å². The van der Waals surface area contributed by atoms with Gasteiger partial charge in [-0.05, 0) is 24.3 Å².